The largest absolute Gasteiger partial charge is 0.480 e. The molecule has 1 fully saturated rings. The number of amides is 2. The molecule has 2 amide bonds. The van der Waals surface area contributed by atoms with Gasteiger partial charge in [-0.25, -0.2) is 4.79 Å². The molecule has 0 radical (unpaired) electrons. The van der Waals surface area contributed by atoms with Gasteiger partial charge in [-0.05, 0) is 18.8 Å². The van der Waals surface area contributed by atoms with E-state index in [1.54, 1.807) is 0 Å². The molecule has 3 N–H and O–H groups in total. The van der Waals surface area contributed by atoms with Crippen LogP contribution >= 0.6 is 11.8 Å². The predicted octanol–water partition coefficient (Wildman–Crippen LogP) is 0.307. The van der Waals surface area contributed by atoms with Crippen LogP contribution in [-0.2, 0) is 14.4 Å². The summed E-state index contributed by atoms with van der Waals surface area (Å²) in [6.45, 7) is 2.50. The molecular formula is C12H20N2O4S. The van der Waals surface area contributed by atoms with Gasteiger partial charge in [-0.3, -0.25) is 9.59 Å². The number of hydrogen-bond acceptors (Lipinski definition) is 4. The Balaban J connectivity index is 2.45. The van der Waals surface area contributed by atoms with Gasteiger partial charge in [-0.2, -0.15) is 11.8 Å². The number of carboxylic acids is 1. The average molecular weight is 288 g/mol. The predicted molar refractivity (Wildman–Crippen MR) is 72.7 cm³/mol. The Morgan fingerprint density at radius 3 is 2.68 bits per heavy atom. The van der Waals surface area contributed by atoms with Gasteiger partial charge in [0.05, 0.1) is 5.75 Å². The Hall–Kier alpha value is -1.24. The summed E-state index contributed by atoms with van der Waals surface area (Å²) in [7, 11) is 0. The molecule has 7 heteroatoms. The van der Waals surface area contributed by atoms with Gasteiger partial charge in [0.1, 0.15) is 6.04 Å². The molecule has 1 heterocycles. The van der Waals surface area contributed by atoms with Crippen molar-refractivity contribution < 1.29 is 19.5 Å². The van der Waals surface area contributed by atoms with Crippen molar-refractivity contribution >= 4 is 29.5 Å². The van der Waals surface area contributed by atoms with Crippen molar-refractivity contribution in [3.63, 3.8) is 0 Å². The number of carbonyl (C=O) groups excluding carboxylic acids is 2. The Labute approximate surface area is 116 Å². The summed E-state index contributed by atoms with van der Waals surface area (Å²) in [5, 5.41) is 9.16. The number of primary amides is 1. The van der Waals surface area contributed by atoms with E-state index in [4.69, 9.17) is 10.8 Å². The minimum Gasteiger partial charge on any atom is -0.480 e. The second kappa shape index (κ2) is 7.37. The number of nitrogens with two attached hydrogens (primary N) is 1. The van der Waals surface area contributed by atoms with Gasteiger partial charge in [0, 0.05) is 18.7 Å². The van der Waals surface area contributed by atoms with Crippen LogP contribution in [0.1, 0.15) is 26.2 Å². The van der Waals surface area contributed by atoms with Gasteiger partial charge in [0.15, 0.2) is 0 Å². The number of carboxylic acid groups (broad SMARTS) is 1. The summed E-state index contributed by atoms with van der Waals surface area (Å²) in [5.74, 6) is -0.504. The van der Waals surface area contributed by atoms with Crippen LogP contribution in [0.3, 0.4) is 0 Å². The molecule has 1 saturated heterocycles. The fourth-order valence-electron chi connectivity index (χ4n) is 2.15. The summed E-state index contributed by atoms with van der Waals surface area (Å²) < 4.78 is 0. The third-order valence-electron chi connectivity index (χ3n) is 3.17. The highest BCUT2D eigenvalue weighted by Crippen LogP contribution is 2.23. The van der Waals surface area contributed by atoms with Crippen molar-refractivity contribution in [1.82, 2.24) is 4.90 Å². The van der Waals surface area contributed by atoms with Gasteiger partial charge in [-0.15, -0.1) is 0 Å². The maximum Gasteiger partial charge on any atom is 0.326 e. The first-order valence-corrected chi connectivity index (χ1v) is 7.45. The Kier molecular flexibility index (Phi) is 6.14. The number of rotatable bonds is 6. The van der Waals surface area contributed by atoms with E-state index in [1.165, 1.54) is 16.7 Å². The topological polar surface area (TPSA) is 101 Å². The molecule has 1 rings (SSSR count). The van der Waals surface area contributed by atoms with E-state index < -0.39 is 17.9 Å². The molecule has 0 aliphatic carbocycles. The van der Waals surface area contributed by atoms with E-state index in [0.29, 0.717) is 24.6 Å². The first-order chi connectivity index (χ1) is 8.91. The standard InChI is InChI=1S/C12H20N2O4S/c1-8-2-4-14(9(6-8)12(17)18)11(16)3-5-19-7-10(13)15/h8-9H,2-7H2,1H3,(H2,13,15)(H,17,18). The zero-order valence-electron chi connectivity index (χ0n) is 11.0. The van der Waals surface area contributed by atoms with Crippen molar-refractivity contribution in [2.45, 2.75) is 32.2 Å². The van der Waals surface area contributed by atoms with Crippen molar-refractivity contribution in [2.24, 2.45) is 11.7 Å². The quantitative estimate of drug-likeness (QED) is 0.685. The molecule has 0 saturated carbocycles. The van der Waals surface area contributed by atoms with Crippen LogP contribution in [-0.4, -0.2) is 51.9 Å². The molecule has 0 aromatic rings. The number of carbonyl (C=O) groups is 3. The molecule has 6 nitrogen and oxygen atoms in total. The smallest absolute Gasteiger partial charge is 0.326 e. The summed E-state index contributed by atoms with van der Waals surface area (Å²) in [5.41, 5.74) is 5.00. The van der Waals surface area contributed by atoms with Crippen LogP contribution in [0.25, 0.3) is 0 Å². The van der Waals surface area contributed by atoms with E-state index in [2.05, 4.69) is 0 Å². The van der Waals surface area contributed by atoms with Crippen LogP contribution in [0.5, 0.6) is 0 Å². The van der Waals surface area contributed by atoms with E-state index >= 15 is 0 Å². The number of hydrogen-bond donors (Lipinski definition) is 2. The molecule has 0 aromatic heterocycles. The summed E-state index contributed by atoms with van der Waals surface area (Å²) in [4.78, 5) is 35.2. The van der Waals surface area contributed by atoms with Gasteiger partial charge in [0.2, 0.25) is 11.8 Å². The Bertz CT molecular complexity index is 362. The fourth-order valence-corrected chi connectivity index (χ4v) is 2.81. The second-order valence-corrected chi connectivity index (χ2v) is 5.94. The number of thioether (sulfide) groups is 1. The van der Waals surface area contributed by atoms with E-state index in [0.717, 1.165) is 6.42 Å². The van der Waals surface area contributed by atoms with Gasteiger partial charge < -0.3 is 15.7 Å². The van der Waals surface area contributed by atoms with Crippen LogP contribution in [0, 0.1) is 5.92 Å². The molecule has 0 aromatic carbocycles. The first kappa shape index (κ1) is 15.8. The highest BCUT2D eigenvalue weighted by molar-refractivity contribution is 7.99. The molecule has 19 heavy (non-hydrogen) atoms. The molecular weight excluding hydrogens is 268 g/mol. The summed E-state index contributed by atoms with van der Waals surface area (Å²) >= 11 is 1.29. The lowest BCUT2D eigenvalue weighted by molar-refractivity contribution is -0.152. The highest BCUT2D eigenvalue weighted by Gasteiger charge is 2.34. The summed E-state index contributed by atoms with van der Waals surface area (Å²) in [6, 6.07) is -0.711. The van der Waals surface area contributed by atoms with Gasteiger partial charge in [-0.1, -0.05) is 6.92 Å². The molecule has 0 spiro atoms. The molecule has 2 atom stereocenters. The molecule has 2 unspecified atom stereocenters. The normalized spacial score (nSPS) is 23.1. The first-order valence-electron chi connectivity index (χ1n) is 6.30. The van der Waals surface area contributed by atoms with E-state index in [1.807, 2.05) is 6.92 Å². The van der Waals surface area contributed by atoms with Crippen molar-refractivity contribution in [2.75, 3.05) is 18.1 Å². The maximum absolute atomic E-state index is 12.0. The van der Waals surface area contributed by atoms with Gasteiger partial charge in [0.25, 0.3) is 0 Å². The summed E-state index contributed by atoms with van der Waals surface area (Å²) in [6.07, 6.45) is 1.59. The van der Waals surface area contributed by atoms with Crippen LogP contribution < -0.4 is 5.73 Å². The third-order valence-corrected chi connectivity index (χ3v) is 4.16. The molecule has 108 valence electrons. The monoisotopic (exact) mass is 288 g/mol. The lowest BCUT2D eigenvalue weighted by atomic mass is 9.92. The van der Waals surface area contributed by atoms with Crippen LogP contribution in [0.15, 0.2) is 0 Å². The Morgan fingerprint density at radius 1 is 1.42 bits per heavy atom. The fraction of sp³-hybridized carbons (Fsp3) is 0.750. The highest BCUT2D eigenvalue weighted by atomic mass is 32.2. The zero-order valence-corrected chi connectivity index (χ0v) is 11.8. The lowest BCUT2D eigenvalue weighted by Gasteiger charge is -2.36. The minimum atomic E-state index is -0.940. The minimum absolute atomic E-state index is 0.156. The number of likely N-dealkylation sites (tertiary alicyclic amines) is 1. The number of nitrogens with zero attached hydrogens (tertiary/aromatic N) is 1. The molecule has 1 aliphatic rings. The maximum atomic E-state index is 12.0. The third kappa shape index (κ3) is 5.10. The van der Waals surface area contributed by atoms with Gasteiger partial charge >= 0.3 is 5.97 Å². The zero-order chi connectivity index (χ0) is 14.4. The Morgan fingerprint density at radius 2 is 2.11 bits per heavy atom. The molecule has 1 aliphatic heterocycles. The van der Waals surface area contributed by atoms with Crippen molar-refractivity contribution in [3.8, 4) is 0 Å². The van der Waals surface area contributed by atoms with E-state index in [-0.39, 0.29) is 18.1 Å². The van der Waals surface area contributed by atoms with Crippen LogP contribution in [0.2, 0.25) is 0 Å². The van der Waals surface area contributed by atoms with E-state index in [9.17, 15) is 14.4 Å². The second-order valence-electron chi connectivity index (χ2n) is 4.84. The number of piperidine rings is 1. The molecule has 0 bridgehead atoms. The number of aliphatic carboxylic acids is 1. The lowest BCUT2D eigenvalue weighted by Crippen LogP contribution is -2.49. The van der Waals surface area contributed by atoms with Crippen LogP contribution in [0.4, 0.5) is 0 Å². The average Bonchev–Trinajstić information content (AvgIpc) is 2.33. The van der Waals surface area contributed by atoms with Crippen molar-refractivity contribution in [1.29, 1.82) is 0 Å². The SMILES string of the molecule is CC1CCN(C(=O)CCSCC(N)=O)C(C(=O)O)C1. The van der Waals surface area contributed by atoms with Crippen molar-refractivity contribution in [3.05, 3.63) is 0 Å².